The first kappa shape index (κ1) is 16.7. The number of fused-ring (bicyclic) bond motifs is 2. The molecule has 0 spiro atoms. The van der Waals surface area contributed by atoms with Gasteiger partial charge in [-0.2, -0.15) is 0 Å². The Morgan fingerprint density at radius 2 is 1.73 bits per heavy atom. The largest absolute Gasteiger partial charge is 0.481 e. The van der Waals surface area contributed by atoms with E-state index in [1.807, 2.05) is 0 Å². The Kier molecular flexibility index (Phi) is 5.36. The summed E-state index contributed by atoms with van der Waals surface area (Å²) in [6, 6.07) is 0.175. The Hall–Kier alpha value is -1.67. The van der Waals surface area contributed by atoms with Gasteiger partial charge in [0.15, 0.2) is 0 Å². The molecule has 4 rings (SSSR count). The molecule has 0 aromatic rings. The number of carboxylic acids is 2. The lowest BCUT2D eigenvalue weighted by Gasteiger charge is -2.48. The van der Waals surface area contributed by atoms with E-state index in [0.717, 1.165) is 25.9 Å². The number of carbonyl (C=O) groups is 3. The maximum Gasteiger partial charge on any atom is 0.320 e. The van der Waals surface area contributed by atoms with Crippen molar-refractivity contribution < 1.29 is 24.6 Å². The minimum absolute atomic E-state index is 0.0231. The van der Waals surface area contributed by atoms with E-state index in [1.54, 1.807) is 0 Å². The van der Waals surface area contributed by atoms with Crippen LogP contribution in [0.1, 0.15) is 32.1 Å². The number of piperazine rings is 1. The number of nitrogens with one attached hydrogen (secondary N) is 1. The fourth-order valence-corrected chi connectivity index (χ4v) is 2.68. The van der Waals surface area contributed by atoms with Gasteiger partial charge in [0, 0.05) is 37.5 Å². The van der Waals surface area contributed by atoms with Gasteiger partial charge in [0.1, 0.15) is 6.04 Å². The fourth-order valence-electron chi connectivity index (χ4n) is 2.68. The SMILES string of the molecule is N[C@@H](CCC(=O)O)C(=O)O.O=C(C1CC1)N1CC2CC(C1)N2. The number of carbonyl (C=O) groups excluding carboxylic acids is 1. The molecular weight excluding hydrogens is 290 g/mol. The molecule has 8 heteroatoms. The molecule has 3 heterocycles. The molecule has 3 aliphatic heterocycles. The average Bonchev–Trinajstić information content (AvgIpc) is 3.28. The summed E-state index contributed by atoms with van der Waals surface area (Å²) < 4.78 is 0. The van der Waals surface area contributed by atoms with E-state index < -0.39 is 18.0 Å². The third-order valence-corrected chi connectivity index (χ3v) is 4.15. The molecule has 8 nitrogen and oxygen atoms in total. The summed E-state index contributed by atoms with van der Waals surface area (Å²) in [5.74, 6) is -1.37. The zero-order chi connectivity index (χ0) is 16.3. The maximum atomic E-state index is 11.6. The summed E-state index contributed by atoms with van der Waals surface area (Å²) in [5.41, 5.74) is 5.00. The van der Waals surface area contributed by atoms with E-state index in [-0.39, 0.29) is 12.8 Å². The summed E-state index contributed by atoms with van der Waals surface area (Å²) in [7, 11) is 0. The van der Waals surface area contributed by atoms with Crippen molar-refractivity contribution in [2.45, 2.75) is 50.2 Å². The maximum absolute atomic E-state index is 11.6. The molecule has 124 valence electrons. The van der Waals surface area contributed by atoms with Gasteiger partial charge < -0.3 is 26.2 Å². The van der Waals surface area contributed by atoms with Crippen molar-refractivity contribution in [2.75, 3.05) is 13.1 Å². The van der Waals surface area contributed by atoms with E-state index in [4.69, 9.17) is 15.9 Å². The van der Waals surface area contributed by atoms with Crippen LogP contribution in [0, 0.1) is 5.92 Å². The molecule has 2 unspecified atom stereocenters. The van der Waals surface area contributed by atoms with Gasteiger partial charge in [-0.15, -0.1) is 0 Å². The number of nitrogens with zero attached hydrogens (tertiary/aromatic N) is 1. The van der Waals surface area contributed by atoms with Crippen LogP contribution < -0.4 is 11.1 Å². The van der Waals surface area contributed by atoms with E-state index in [1.165, 1.54) is 6.42 Å². The van der Waals surface area contributed by atoms with Crippen LogP contribution in [-0.4, -0.2) is 64.2 Å². The number of rotatable bonds is 5. The lowest BCUT2D eigenvalue weighted by atomic mass is 9.91. The molecule has 3 atom stereocenters. The minimum atomic E-state index is -1.17. The summed E-state index contributed by atoms with van der Waals surface area (Å²) in [6.07, 6.45) is 3.34. The predicted octanol–water partition coefficient (Wildman–Crippen LogP) is -0.768. The molecule has 0 radical (unpaired) electrons. The van der Waals surface area contributed by atoms with E-state index >= 15 is 0 Å². The van der Waals surface area contributed by atoms with Crippen molar-refractivity contribution >= 4 is 17.8 Å². The zero-order valence-corrected chi connectivity index (χ0v) is 12.4. The van der Waals surface area contributed by atoms with Gasteiger partial charge in [-0.25, -0.2) is 0 Å². The van der Waals surface area contributed by atoms with Crippen LogP contribution in [0.4, 0.5) is 0 Å². The first-order chi connectivity index (χ1) is 10.4. The number of amides is 1. The van der Waals surface area contributed by atoms with E-state index in [2.05, 4.69) is 10.2 Å². The lowest BCUT2D eigenvalue weighted by Crippen LogP contribution is -2.67. The topological polar surface area (TPSA) is 133 Å². The lowest BCUT2D eigenvalue weighted by molar-refractivity contribution is -0.140. The molecule has 3 saturated heterocycles. The Bertz CT molecular complexity index is 436. The van der Waals surface area contributed by atoms with Crippen LogP contribution in [-0.2, 0) is 14.4 Å². The fraction of sp³-hybridized carbons (Fsp3) is 0.786. The standard InChI is InChI=1S/C9H14N2O.C5H9NO4/c12-9(6-1-2-6)11-4-7-3-8(5-11)10-7;6-3(5(9)10)1-2-4(7)8/h6-8,10H,1-5H2;3H,1-2,6H2,(H,7,8)(H,9,10)/t;3-/m.0/s1. The summed E-state index contributed by atoms with van der Waals surface area (Å²) in [5, 5.41) is 19.7. The van der Waals surface area contributed by atoms with Gasteiger partial charge >= 0.3 is 11.9 Å². The smallest absolute Gasteiger partial charge is 0.320 e. The molecule has 4 aliphatic rings. The first-order valence-electron chi connectivity index (χ1n) is 7.61. The summed E-state index contributed by atoms with van der Waals surface area (Å²) in [6.45, 7) is 1.93. The molecule has 0 aromatic heterocycles. The summed E-state index contributed by atoms with van der Waals surface area (Å²) >= 11 is 0. The highest BCUT2D eigenvalue weighted by Gasteiger charge is 2.42. The van der Waals surface area contributed by atoms with E-state index in [9.17, 15) is 14.4 Å². The van der Waals surface area contributed by atoms with Crippen LogP contribution >= 0.6 is 0 Å². The van der Waals surface area contributed by atoms with Gasteiger partial charge in [0.25, 0.3) is 0 Å². The van der Waals surface area contributed by atoms with Crippen molar-refractivity contribution in [1.29, 1.82) is 0 Å². The molecule has 4 fully saturated rings. The summed E-state index contributed by atoms with van der Waals surface area (Å²) in [4.78, 5) is 33.6. The highest BCUT2D eigenvalue weighted by Crippen LogP contribution is 2.33. The third kappa shape index (κ3) is 4.67. The van der Waals surface area contributed by atoms with Crippen molar-refractivity contribution in [3.05, 3.63) is 0 Å². The average molecular weight is 313 g/mol. The van der Waals surface area contributed by atoms with Crippen molar-refractivity contribution in [3.8, 4) is 0 Å². The van der Waals surface area contributed by atoms with Gasteiger partial charge in [-0.05, 0) is 25.7 Å². The number of carboxylic acid groups (broad SMARTS) is 2. The molecule has 1 aliphatic carbocycles. The Morgan fingerprint density at radius 1 is 1.18 bits per heavy atom. The van der Waals surface area contributed by atoms with Gasteiger partial charge in [0.2, 0.25) is 5.91 Å². The predicted molar refractivity (Wildman–Crippen MR) is 77.1 cm³/mol. The van der Waals surface area contributed by atoms with Gasteiger partial charge in [-0.3, -0.25) is 14.4 Å². The quantitative estimate of drug-likeness (QED) is 0.524. The molecule has 5 N–H and O–H groups in total. The second-order valence-electron chi connectivity index (χ2n) is 6.19. The van der Waals surface area contributed by atoms with Crippen LogP contribution in [0.2, 0.25) is 0 Å². The zero-order valence-electron chi connectivity index (χ0n) is 12.4. The molecule has 22 heavy (non-hydrogen) atoms. The molecular formula is C14H23N3O5. The molecule has 2 bridgehead atoms. The highest BCUT2D eigenvalue weighted by molar-refractivity contribution is 5.81. The third-order valence-electron chi connectivity index (χ3n) is 4.15. The normalized spacial score (nSPS) is 27.0. The number of hydrogen-bond acceptors (Lipinski definition) is 5. The molecule has 1 saturated carbocycles. The van der Waals surface area contributed by atoms with Crippen LogP contribution in [0.25, 0.3) is 0 Å². The number of piperidine rings is 1. The van der Waals surface area contributed by atoms with Gasteiger partial charge in [-0.1, -0.05) is 0 Å². The van der Waals surface area contributed by atoms with Crippen molar-refractivity contribution in [1.82, 2.24) is 10.2 Å². The minimum Gasteiger partial charge on any atom is -0.481 e. The Labute approximate surface area is 128 Å². The number of aliphatic carboxylic acids is 2. The van der Waals surface area contributed by atoms with Crippen molar-refractivity contribution in [3.63, 3.8) is 0 Å². The Morgan fingerprint density at radius 3 is 2.14 bits per heavy atom. The number of hydrogen-bond donors (Lipinski definition) is 4. The second-order valence-corrected chi connectivity index (χ2v) is 6.19. The number of nitrogens with two attached hydrogens (primary N) is 1. The Balaban J connectivity index is 0.000000165. The monoisotopic (exact) mass is 313 g/mol. The highest BCUT2D eigenvalue weighted by atomic mass is 16.4. The van der Waals surface area contributed by atoms with Crippen molar-refractivity contribution in [2.24, 2.45) is 11.7 Å². The molecule has 1 amide bonds. The van der Waals surface area contributed by atoms with E-state index in [0.29, 0.717) is 23.9 Å². The molecule has 0 aromatic carbocycles. The second kappa shape index (κ2) is 7.06. The van der Waals surface area contributed by atoms with Crippen LogP contribution in [0.3, 0.4) is 0 Å². The first-order valence-corrected chi connectivity index (χ1v) is 7.61. The van der Waals surface area contributed by atoms with Gasteiger partial charge in [0.05, 0.1) is 0 Å². The van der Waals surface area contributed by atoms with Crippen LogP contribution in [0.15, 0.2) is 0 Å². The van der Waals surface area contributed by atoms with Crippen LogP contribution in [0.5, 0.6) is 0 Å².